The zero-order valence-corrected chi connectivity index (χ0v) is 12.1. The highest BCUT2D eigenvalue weighted by molar-refractivity contribution is 5.82. The number of pyridine rings is 1. The minimum absolute atomic E-state index is 0.320. The molecule has 0 atom stereocenters. The quantitative estimate of drug-likeness (QED) is 0.742. The molecule has 2 heterocycles. The van der Waals surface area contributed by atoms with Gasteiger partial charge in [0.1, 0.15) is 0 Å². The summed E-state index contributed by atoms with van der Waals surface area (Å²) in [7, 11) is 3.14. The van der Waals surface area contributed by atoms with Gasteiger partial charge in [-0.25, -0.2) is 4.79 Å². The van der Waals surface area contributed by atoms with E-state index >= 15 is 0 Å². The van der Waals surface area contributed by atoms with Gasteiger partial charge in [0.05, 0.1) is 37.7 Å². The Kier molecular flexibility index (Phi) is 3.61. The number of ether oxygens (including phenoxy) is 2. The van der Waals surface area contributed by atoms with Gasteiger partial charge in [0.2, 0.25) is 0 Å². The highest BCUT2D eigenvalue weighted by atomic mass is 16.5. The minimum Gasteiger partial charge on any atom is -0.493 e. The summed E-state index contributed by atoms with van der Waals surface area (Å²) in [6.45, 7) is 0. The van der Waals surface area contributed by atoms with Crippen molar-refractivity contribution in [2.45, 2.75) is 0 Å². The summed E-state index contributed by atoms with van der Waals surface area (Å²) in [5, 5.41) is 4.22. The number of aromatic amines is 1. The zero-order valence-electron chi connectivity index (χ0n) is 12.1. The summed E-state index contributed by atoms with van der Waals surface area (Å²) in [6, 6.07) is 7.11. The summed E-state index contributed by atoms with van der Waals surface area (Å²) in [5.74, 6) is 1.23. The first kappa shape index (κ1) is 13.9. The Morgan fingerprint density at radius 3 is 2.82 bits per heavy atom. The lowest BCUT2D eigenvalue weighted by Gasteiger charge is -2.07. The molecule has 7 nitrogen and oxygen atoms in total. The fourth-order valence-electron chi connectivity index (χ4n) is 2.12. The Hall–Kier alpha value is -3.09. The van der Waals surface area contributed by atoms with Crippen molar-refractivity contribution in [2.24, 2.45) is 5.10 Å². The van der Waals surface area contributed by atoms with Gasteiger partial charge in [0.15, 0.2) is 11.5 Å². The Morgan fingerprint density at radius 2 is 2.05 bits per heavy atom. The second-order valence-electron chi connectivity index (χ2n) is 4.49. The van der Waals surface area contributed by atoms with Crippen molar-refractivity contribution < 1.29 is 9.47 Å². The van der Waals surface area contributed by atoms with Gasteiger partial charge in [-0.05, 0) is 29.8 Å². The first-order chi connectivity index (χ1) is 10.7. The molecule has 0 saturated heterocycles. The molecule has 22 heavy (non-hydrogen) atoms. The standard InChI is InChI=1S/C15H14N4O3/c1-21-13-4-3-10(7-14(13)22-2)8-17-19-12-5-6-16-9-11(12)18-15(19)20/h3-9H,1-2H3,(H,18,20)/b17-8+. The number of nitrogens with one attached hydrogen (secondary N) is 1. The van der Waals surface area contributed by atoms with Crippen LogP contribution in [-0.4, -0.2) is 35.1 Å². The van der Waals surface area contributed by atoms with E-state index < -0.39 is 0 Å². The molecule has 0 bridgehead atoms. The van der Waals surface area contributed by atoms with Gasteiger partial charge in [0.25, 0.3) is 0 Å². The Balaban J connectivity index is 2.00. The third kappa shape index (κ3) is 2.44. The van der Waals surface area contributed by atoms with Crippen molar-refractivity contribution in [1.29, 1.82) is 0 Å². The van der Waals surface area contributed by atoms with E-state index in [4.69, 9.17) is 9.47 Å². The van der Waals surface area contributed by atoms with Crippen molar-refractivity contribution >= 4 is 17.2 Å². The monoisotopic (exact) mass is 298 g/mol. The summed E-state index contributed by atoms with van der Waals surface area (Å²) in [6.07, 6.45) is 4.77. The lowest BCUT2D eigenvalue weighted by molar-refractivity contribution is 0.355. The van der Waals surface area contributed by atoms with Crippen molar-refractivity contribution in [1.82, 2.24) is 14.6 Å². The van der Waals surface area contributed by atoms with Crippen LogP contribution in [0.15, 0.2) is 46.6 Å². The van der Waals surface area contributed by atoms with Crippen LogP contribution in [0.3, 0.4) is 0 Å². The molecule has 0 fully saturated rings. The third-order valence-electron chi connectivity index (χ3n) is 3.19. The highest BCUT2D eigenvalue weighted by Gasteiger charge is 2.06. The van der Waals surface area contributed by atoms with E-state index in [9.17, 15) is 4.79 Å². The second kappa shape index (κ2) is 5.72. The number of benzene rings is 1. The normalized spacial score (nSPS) is 11.2. The van der Waals surface area contributed by atoms with E-state index in [0.717, 1.165) is 5.56 Å². The average molecular weight is 298 g/mol. The van der Waals surface area contributed by atoms with Crippen molar-refractivity contribution in [2.75, 3.05) is 14.2 Å². The predicted octanol–water partition coefficient (Wildman–Crippen LogP) is 1.62. The van der Waals surface area contributed by atoms with Gasteiger partial charge in [-0.15, -0.1) is 0 Å². The van der Waals surface area contributed by atoms with Crippen LogP contribution in [0.1, 0.15) is 5.56 Å². The zero-order chi connectivity index (χ0) is 15.5. The molecule has 0 saturated carbocycles. The van der Waals surface area contributed by atoms with Crippen LogP contribution in [-0.2, 0) is 0 Å². The SMILES string of the molecule is COc1ccc(/C=N/n2c(=O)[nH]c3cnccc32)cc1OC. The molecule has 0 radical (unpaired) electrons. The van der Waals surface area contributed by atoms with Crippen molar-refractivity contribution in [3.8, 4) is 11.5 Å². The number of H-pyrrole nitrogens is 1. The third-order valence-corrected chi connectivity index (χ3v) is 3.19. The Labute approximate surface area is 125 Å². The van der Waals surface area contributed by atoms with E-state index in [0.29, 0.717) is 22.5 Å². The maximum Gasteiger partial charge on any atom is 0.347 e. The molecular weight excluding hydrogens is 284 g/mol. The molecule has 0 spiro atoms. The molecule has 0 aliphatic carbocycles. The predicted molar refractivity (Wildman–Crippen MR) is 82.9 cm³/mol. The lowest BCUT2D eigenvalue weighted by atomic mass is 10.2. The number of nitrogens with zero attached hydrogens (tertiary/aromatic N) is 3. The fraction of sp³-hybridized carbons (Fsp3) is 0.133. The number of aromatic nitrogens is 3. The molecule has 3 aromatic rings. The largest absolute Gasteiger partial charge is 0.493 e. The van der Waals surface area contributed by atoms with E-state index in [2.05, 4.69) is 15.1 Å². The fourth-order valence-corrected chi connectivity index (χ4v) is 2.12. The summed E-state index contributed by atoms with van der Waals surface area (Å²) in [4.78, 5) is 18.6. The number of fused-ring (bicyclic) bond motifs is 1. The smallest absolute Gasteiger partial charge is 0.347 e. The van der Waals surface area contributed by atoms with Crippen LogP contribution in [0, 0.1) is 0 Å². The first-order valence-corrected chi connectivity index (χ1v) is 6.54. The van der Waals surface area contributed by atoms with Crippen LogP contribution in [0.5, 0.6) is 11.5 Å². The molecule has 0 amide bonds. The summed E-state index contributed by atoms with van der Waals surface area (Å²) < 4.78 is 11.7. The van der Waals surface area contributed by atoms with Crippen LogP contribution in [0.2, 0.25) is 0 Å². The molecule has 2 aromatic heterocycles. The number of methoxy groups -OCH3 is 2. The molecule has 7 heteroatoms. The molecule has 0 unspecified atom stereocenters. The van der Waals surface area contributed by atoms with E-state index in [1.807, 2.05) is 6.07 Å². The van der Waals surface area contributed by atoms with Gasteiger partial charge in [-0.1, -0.05) is 0 Å². The second-order valence-corrected chi connectivity index (χ2v) is 4.49. The maximum absolute atomic E-state index is 11.9. The average Bonchev–Trinajstić information content (AvgIpc) is 2.87. The van der Waals surface area contributed by atoms with Gasteiger partial charge in [-0.3, -0.25) is 4.98 Å². The number of imidazole rings is 1. The number of hydrogen-bond acceptors (Lipinski definition) is 5. The van der Waals surface area contributed by atoms with Crippen LogP contribution in [0.25, 0.3) is 11.0 Å². The minimum atomic E-state index is -0.320. The lowest BCUT2D eigenvalue weighted by Crippen LogP contribution is -2.12. The van der Waals surface area contributed by atoms with Gasteiger partial charge in [0, 0.05) is 6.20 Å². The molecule has 0 aliphatic rings. The molecule has 1 N–H and O–H groups in total. The van der Waals surface area contributed by atoms with E-state index in [1.54, 1.807) is 51.0 Å². The van der Waals surface area contributed by atoms with E-state index in [-0.39, 0.29) is 5.69 Å². The van der Waals surface area contributed by atoms with Crippen molar-refractivity contribution in [3.63, 3.8) is 0 Å². The molecule has 1 aromatic carbocycles. The summed E-state index contributed by atoms with van der Waals surface area (Å²) in [5.41, 5.74) is 1.77. The number of hydrogen-bond donors (Lipinski definition) is 1. The van der Waals surface area contributed by atoms with Gasteiger partial charge >= 0.3 is 5.69 Å². The molecule has 0 aliphatic heterocycles. The summed E-state index contributed by atoms with van der Waals surface area (Å²) >= 11 is 0. The first-order valence-electron chi connectivity index (χ1n) is 6.54. The Bertz CT molecular complexity index is 895. The van der Waals surface area contributed by atoms with Crippen LogP contribution in [0.4, 0.5) is 0 Å². The van der Waals surface area contributed by atoms with Crippen LogP contribution >= 0.6 is 0 Å². The highest BCUT2D eigenvalue weighted by Crippen LogP contribution is 2.26. The van der Waals surface area contributed by atoms with Gasteiger partial charge < -0.3 is 14.5 Å². The maximum atomic E-state index is 11.9. The van der Waals surface area contributed by atoms with E-state index in [1.165, 1.54) is 4.68 Å². The Morgan fingerprint density at radius 1 is 1.23 bits per heavy atom. The molecule has 112 valence electrons. The molecule has 3 rings (SSSR count). The number of rotatable bonds is 4. The van der Waals surface area contributed by atoms with Gasteiger partial charge in [-0.2, -0.15) is 9.78 Å². The van der Waals surface area contributed by atoms with Crippen LogP contribution < -0.4 is 15.2 Å². The van der Waals surface area contributed by atoms with Crippen molar-refractivity contribution in [3.05, 3.63) is 52.7 Å². The topological polar surface area (TPSA) is 81.5 Å². The molecular formula is C15H14N4O3.